The Balaban J connectivity index is 1.59. The van der Waals surface area contributed by atoms with Gasteiger partial charge in [0.1, 0.15) is 0 Å². The van der Waals surface area contributed by atoms with E-state index in [-0.39, 0.29) is 17.9 Å². The Morgan fingerprint density at radius 3 is 1.93 bits per heavy atom. The molecular formula is C23H23N5O2. The summed E-state index contributed by atoms with van der Waals surface area (Å²) in [5, 5.41) is 11.7. The normalized spacial score (nSPS) is 16.3. The molecule has 1 aliphatic heterocycles. The maximum atomic E-state index is 12.1. The SMILES string of the molecule is C/C(=N\NC(=O)c1ccccc1)C1=CC=CC(/C(C)=N/NC(=O)c2ccccc2)N1. The molecule has 30 heavy (non-hydrogen) atoms. The Bertz CT molecular complexity index is 1020. The second-order valence-corrected chi connectivity index (χ2v) is 6.65. The quantitative estimate of drug-likeness (QED) is 0.513. The average Bonchev–Trinajstić information content (AvgIpc) is 2.81. The van der Waals surface area contributed by atoms with E-state index in [0.717, 1.165) is 5.70 Å². The zero-order chi connectivity index (χ0) is 21.3. The standard InChI is InChI=1S/C23H23N5O2/c1-16(25-27-22(29)18-10-5-3-6-11-18)20-14-9-15-21(24-20)17(2)26-28-23(30)19-12-7-4-8-13-19/h3-15,20,24H,1-2H3,(H,27,29)(H,28,30)/b25-16+,26-17+. The molecule has 1 aliphatic rings. The number of hydrogen-bond donors (Lipinski definition) is 3. The number of nitrogens with zero attached hydrogens (tertiary/aromatic N) is 2. The third-order valence-corrected chi connectivity index (χ3v) is 4.45. The minimum Gasteiger partial charge on any atom is -0.372 e. The minimum absolute atomic E-state index is 0.212. The minimum atomic E-state index is -0.278. The summed E-state index contributed by atoms with van der Waals surface area (Å²) < 4.78 is 0. The highest BCUT2D eigenvalue weighted by Gasteiger charge is 2.16. The first kappa shape index (κ1) is 20.7. The van der Waals surface area contributed by atoms with Crippen molar-refractivity contribution in [2.45, 2.75) is 19.9 Å². The molecule has 0 bridgehead atoms. The Kier molecular flexibility index (Phi) is 6.89. The van der Waals surface area contributed by atoms with Crippen LogP contribution in [0.3, 0.4) is 0 Å². The van der Waals surface area contributed by atoms with Gasteiger partial charge in [0.25, 0.3) is 11.8 Å². The second-order valence-electron chi connectivity index (χ2n) is 6.65. The molecule has 1 heterocycles. The molecule has 1 unspecified atom stereocenters. The molecule has 1 atom stereocenters. The highest BCUT2D eigenvalue weighted by atomic mass is 16.2. The lowest BCUT2D eigenvalue weighted by atomic mass is 10.1. The van der Waals surface area contributed by atoms with Crippen LogP contribution in [0.25, 0.3) is 0 Å². The number of benzene rings is 2. The number of dihydropyridines is 1. The molecule has 0 saturated heterocycles. The number of carbonyl (C=O) groups excluding carboxylic acids is 2. The van der Waals surface area contributed by atoms with Crippen molar-refractivity contribution in [1.82, 2.24) is 16.2 Å². The van der Waals surface area contributed by atoms with Crippen LogP contribution in [0, 0.1) is 0 Å². The predicted molar refractivity (Wildman–Crippen MR) is 118 cm³/mol. The van der Waals surface area contributed by atoms with Crippen molar-refractivity contribution in [3.05, 3.63) is 95.7 Å². The highest BCUT2D eigenvalue weighted by molar-refractivity contribution is 6.02. The summed E-state index contributed by atoms with van der Waals surface area (Å²) in [6, 6.07) is 17.6. The summed E-state index contributed by atoms with van der Waals surface area (Å²) in [5.41, 5.74) is 8.25. The van der Waals surface area contributed by atoms with Crippen molar-refractivity contribution in [3.63, 3.8) is 0 Å². The molecule has 152 valence electrons. The number of hydrazone groups is 2. The van der Waals surface area contributed by atoms with Crippen molar-refractivity contribution in [3.8, 4) is 0 Å². The average molecular weight is 401 g/mol. The van der Waals surface area contributed by atoms with Crippen LogP contribution in [0.4, 0.5) is 0 Å². The lowest BCUT2D eigenvalue weighted by Gasteiger charge is -2.21. The van der Waals surface area contributed by atoms with E-state index in [9.17, 15) is 9.59 Å². The van der Waals surface area contributed by atoms with Crippen molar-refractivity contribution in [1.29, 1.82) is 0 Å². The summed E-state index contributed by atoms with van der Waals surface area (Å²) in [4.78, 5) is 24.3. The maximum Gasteiger partial charge on any atom is 0.271 e. The van der Waals surface area contributed by atoms with Gasteiger partial charge in [-0.05, 0) is 44.2 Å². The Morgan fingerprint density at radius 1 is 0.833 bits per heavy atom. The molecule has 2 aromatic carbocycles. The van der Waals surface area contributed by atoms with Gasteiger partial charge in [-0.2, -0.15) is 10.2 Å². The maximum absolute atomic E-state index is 12.1. The topological polar surface area (TPSA) is 94.9 Å². The summed E-state index contributed by atoms with van der Waals surface area (Å²) in [6.07, 6.45) is 5.67. The molecule has 0 fully saturated rings. The monoisotopic (exact) mass is 401 g/mol. The van der Waals surface area contributed by atoms with E-state index < -0.39 is 0 Å². The molecule has 0 radical (unpaired) electrons. The highest BCUT2D eigenvalue weighted by Crippen LogP contribution is 2.07. The van der Waals surface area contributed by atoms with Crippen molar-refractivity contribution in [2.24, 2.45) is 10.2 Å². The first-order chi connectivity index (χ1) is 14.5. The molecule has 0 saturated carbocycles. The van der Waals surface area contributed by atoms with Crippen LogP contribution >= 0.6 is 0 Å². The Morgan fingerprint density at radius 2 is 1.37 bits per heavy atom. The van der Waals surface area contributed by atoms with Crippen LogP contribution in [-0.2, 0) is 0 Å². The zero-order valence-electron chi connectivity index (χ0n) is 16.8. The third-order valence-electron chi connectivity index (χ3n) is 4.45. The van der Waals surface area contributed by atoms with E-state index in [1.165, 1.54) is 0 Å². The van der Waals surface area contributed by atoms with E-state index in [1.807, 2.05) is 37.3 Å². The number of amides is 2. The Labute approximate surface area is 175 Å². The molecule has 2 aromatic rings. The molecule has 7 nitrogen and oxygen atoms in total. The van der Waals surface area contributed by atoms with E-state index in [4.69, 9.17) is 0 Å². The number of allylic oxidation sites excluding steroid dienone is 3. The lowest BCUT2D eigenvalue weighted by Crippen LogP contribution is -2.38. The van der Waals surface area contributed by atoms with Crippen LogP contribution < -0.4 is 16.2 Å². The van der Waals surface area contributed by atoms with Gasteiger partial charge in [-0.1, -0.05) is 48.6 Å². The van der Waals surface area contributed by atoms with Crippen LogP contribution in [-0.4, -0.2) is 29.3 Å². The molecule has 0 spiro atoms. The van der Waals surface area contributed by atoms with Crippen LogP contribution in [0.5, 0.6) is 0 Å². The van der Waals surface area contributed by atoms with Gasteiger partial charge in [0.2, 0.25) is 0 Å². The van der Waals surface area contributed by atoms with Gasteiger partial charge in [0, 0.05) is 11.1 Å². The molecule has 0 aliphatic carbocycles. The molecule has 2 amide bonds. The smallest absolute Gasteiger partial charge is 0.271 e. The van der Waals surface area contributed by atoms with E-state index in [1.54, 1.807) is 55.5 Å². The number of carbonyl (C=O) groups is 2. The molecule has 0 aromatic heterocycles. The van der Waals surface area contributed by atoms with Crippen LogP contribution in [0.1, 0.15) is 34.6 Å². The molecule has 7 heteroatoms. The summed E-state index contributed by atoms with van der Waals surface area (Å²) in [7, 11) is 0. The van der Waals surface area contributed by atoms with E-state index >= 15 is 0 Å². The summed E-state index contributed by atoms with van der Waals surface area (Å²) in [5.74, 6) is -0.549. The van der Waals surface area contributed by atoms with E-state index in [2.05, 4.69) is 26.4 Å². The fourth-order valence-corrected chi connectivity index (χ4v) is 2.71. The first-order valence-electron chi connectivity index (χ1n) is 9.49. The summed E-state index contributed by atoms with van der Waals surface area (Å²) in [6.45, 7) is 3.61. The largest absolute Gasteiger partial charge is 0.372 e. The molecule has 3 rings (SSSR count). The van der Waals surface area contributed by atoms with Gasteiger partial charge in [-0.15, -0.1) is 0 Å². The van der Waals surface area contributed by atoms with Gasteiger partial charge in [-0.25, -0.2) is 10.9 Å². The van der Waals surface area contributed by atoms with Crippen LogP contribution in [0.15, 0.2) is 94.8 Å². The lowest BCUT2D eigenvalue weighted by molar-refractivity contribution is 0.0947. The van der Waals surface area contributed by atoms with Gasteiger partial charge in [-0.3, -0.25) is 9.59 Å². The van der Waals surface area contributed by atoms with Gasteiger partial charge in [0.15, 0.2) is 0 Å². The van der Waals surface area contributed by atoms with Crippen LogP contribution in [0.2, 0.25) is 0 Å². The third kappa shape index (κ3) is 5.51. The van der Waals surface area contributed by atoms with Crippen molar-refractivity contribution < 1.29 is 9.59 Å². The molecule has 3 N–H and O–H groups in total. The molecular weight excluding hydrogens is 378 g/mol. The van der Waals surface area contributed by atoms with Gasteiger partial charge < -0.3 is 5.32 Å². The fourth-order valence-electron chi connectivity index (χ4n) is 2.71. The second kappa shape index (κ2) is 9.97. The zero-order valence-corrected chi connectivity index (χ0v) is 16.8. The number of rotatable bonds is 6. The van der Waals surface area contributed by atoms with E-state index in [0.29, 0.717) is 22.6 Å². The fraction of sp³-hybridized carbons (Fsp3) is 0.130. The van der Waals surface area contributed by atoms with Crippen molar-refractivity contribution in [2.75, 3.05) is 0 Å². The van der Waals surface area contributed by atoms with Gasteiger partial charge in [0.05, 0.1) is 23.2 Å². The first-order valence-corrected chi connectivity index (χ1v) is 9.49. The van der Waals surface area contributed by atoms with Crippen molar-refractivity contribution >= 4 is 23.2 Å². The summed E-state index contributed by atoms with van der Waals surface area (Å²) >= 11 is 0. The number of nitrogens with one attached hydrogen (secondary N) is 3. The Hall–Kier alpha value is -4.00. The predicted octanol–water partition coefficient (Wildman–Crippen LogP) is 3.01. The number of hydrogen-bond acceptors (Lipinski definition) is 5. The van der Waals surface area contributed by atoms with Gasteiger partial charge >= 0.3 is 0 Å².